The van der Waals surface area contributed by atoms with Crippen LogP contribution in [-0.4, -0.2) is 25.1 Å². The molecule has 0 spiro atoms. The van der Waals surface area contributed by atoms with E-state index in [0.29, 0.717) is 18.1 Å². The molecule has 3 rings (SSSR count). The molecule has 178 valence electrons. The Balaban J connectivity index is 1.43. The molecule has 3 aromatic carbocycles. The molecule has 0 aromatic heterocycles. The van der Waals surface area contributed by atoms with Gasteiger partial charge in [0.15, 0.2) is 13.2 Å². The summed E-state index contributed by atoms with van der Waals surface area (Å²) < 4.78 is 54.9. The molecule has 0 saturated heterocycles. The van der Waals surface area contributed by atoms with Crippen LogP contribution in [0.25, 0.3) is 0 Å². The number of ether oxygens (including phenoxy) is 3. The van der Waals surface area contributed by atoms with E-state index in [2.05, 4.69) is 0 Å². The minimum absolute atomic E-state index is 0.297. The van der Waals surface area contributed by atoms with Crippen LogP contribution < -0.4 is 14.8 Å². The van der Waals surface area contributed by atoms with Crippen molar-refractivity contribution in [3.05, 3.63) is 88.9 Å². The van der Waals surface area contributed by atoms with Crippen molar-refractivity contribution in [3.63, 3.8) is 0 Å². The van der Waals surface area contributed by atoms with Gasteiger partial charge >= 0.3 is 12.1 Å². The molecule has 0 bridgehead atoms. The summed E-state index contributed by atoms with van der Waals surface area (Å²) in [6.07, 6.45) is -4.72. The number of hydrogen-bond acceptors (Lipinski definition) is 5. The quantitative estimate of drug-likeness (QED) is 0.398. The Morgan fingerprint density at radius 1 is 0.824 bits per heavy atom. The maximum Gasteiger partial charge on any atom is 0.418 e. The smallest absolute Gasteiger partial charge is 0.418 e. The van der Waals surface area contributed by atoms with Gasteiger partial charge in [0.25, 0.3) is 5.91 Å². The number of esters is 1. The molecule has 0 aliphatic heterocycles. The summed E-state index contributed by atoms with van der Waals surface area (Å²) in [6.45, 7) is -0.914. The molecule has 6 nitrogen and oxygen atoms in total. The third-order valence-corrected chi connectivity index (χ3v) is 4.69. The normalized spacial score (nSPS) is 10.9. The number of anilines is 1. The summed E-state index contributed by atoms with van der Waals surface area (Å²) in [5.74, 6) is -0.894. The van der Waals surface area contributed by atoms with E-state index in [-0.39, 0.29) is 5.02 Å². The standard InChI is InChI=1S/C24H19ClF3NO5/c25-20-8-4-7-19(24(26,27)28)23(20)29-21(30)14-34-22(31)15-33-18-11-9-17(10-12-18)32-13-16-5-2-1-3-6-16/h1-12H,13-15H2,(H,29,30). The van der Waals surface area contributed by atoms with Crippen LogP contribution in [0.15, 0.2) is 72.8 Å². The highest BCUT2D eigenvalue weighted by atomic mass is 35.5. The molecule has 0 heterocycles. The Kier molecular flexibility index (Phi) is 8.37. The van der Waals surface area contributed by atoms with Crippen molar-refractivity contribution in [2.45, 2.75) is 12.8 Å². The molecular weight excluding hydrogens is 475 g/mol. The molecule has 34 heavy (non-hydrogen) atoms. The van der Waals surface area contributed by atoms with E-state index in [1.165, 1.54) is 6.07 Å². The van der Waals surface area contributed by atoms with Gasteiger partial charge in [-0.3, -0.25) is 4.79 Å². The molecule has 10 heteroatoms. The van der Waals surface area contributed by atoms with Crippen molar-refractivity contribution >= 4 is 29.2 Å². The van der Waals surface area contributed by atoms with Crippen LogP contribution in [0.5, 0.6) is 11.5 Å². The fourth-order valence-electron chi connectivity index (χ4n) is 2.77. The van der Waals surface area contributed by atoms with Crippen LogP contribution >= 0.6 is 11.6 Å². The molecule has 0 saturated carbocycles. The van der Waals surface area contributed by atoms with Crippen molar-refractivity contribution in [1.29, 1.82) is 0 Å². The number of rotatable bonds is 9. The molecule has 0 aliphatic rings. The van der Waals surface area contributed by atoms with Gasteiger partial charge in [-0.05, 0) is 42.0 Å². The van der Waals surface area contributed by atoms with Crippen LogP contribution in [0, 0.1) is 0 Å². The van der Waals surface area contributed by atoms with E-state index in [9.17, 15) is 22.8 Å². The van der Waals surface area contributed by atoms with Crippen LogP contribution in [-0.2, 0) is 27.1 Å². The zero-order chi connectivity index (χ0) is 24.6. The summed E-state index contributed by atoms with van der Waals surface area (Å²) in [4.78, 5) is 23.8. The first-order chi connectivity index (χ1) is 16.2. The Morgan fingerprint density at radius 3 is 2.12 bits per heavy atom. The Bertz CT molecular complexity index is 1120. The molecule has 0 aliphatic carbocycles. The van der Waals surface area contributed by atoms with Crippen molar-refractivity contribution in [2.75, 3.05) is 18.5 Å². The molecule has 1 N–H and O–H groups in total. The van der Waals surface area contributed by atoms with Gasteiger partial charge in [0, 0.05) is 0 Å². The predicted molar refractivity (Wildman–Crippen MR) is 119 cm³/mol. The topological polar surface area (TPSA) is 73.9 Å². The van der Waals surface area contributed by atoms with Gasteiger partial charge in [-0.2, -0.15) is 13.2 Å². The SMILES string of the molecule is O=C(COC(=O)COc1ccc(OCc2ccccc2)cc1)Nc1c(Cl)cccc1C(F)(F)F. The number of para-hydroxylation sites is 1. The number of alkyl halides is 3. The fourth-order valence-corrected chi connectivity index (χ4v) is 2.99. The lowest BCUT2D eigenvalue weighted by Gasteiger charge is -2.15. The van der Waals surface area contributed by atoms with Crippen molar-refractivity contribution in [3.8, 4) is 11.5 Å². The predicted octanol–water partition coefficient (Wildman–Crippen LogP) is 5.50. The van der Waals surface area contributed by atoms with Gasteiger partial charge in [-0.1, -0.05) is 48.0 Å². The zero-order valence-electron chi connectivity index (χ0n) is 17.6. The summed E-state index contributed by atoms with van der Waals surface area (Å²) in [5.41, 5.74) is -0.707. The second kappa shape index (κ2) is 11.4. The third-order valence-electron chi connectivity index (χ3n) is 4.38. The number of benzene rings is 3. The third kappa shape index (κ3) is 7.41. The molecule has 0 unspecified atom stereocenters. The first-order valence-electron chi connectivity index (χ1n) is 9.93. The molecule has 0 fully saturated rings. The minimum Gasteiger partial charge on any atom is -0.489 e. The van der Waals surface area contributed by atoms with Gasteiger partial charge < -0.3 is 19.5 Å². The summed E-state index contributed by atoms with van der Waals surface area (Å²) in [7, 11) is 0. The Hall–Kier alpha value is -3.72. The maximum absolute atomic E-state index is 13.1. The number of amides is 1. The highest BCUT2D eigenvalue weighted by molar-refractivity contribution is 6.34. The fraction of sp³-hybridized carbons (Fsp3) is 0.167. The lowest BCUT2D eigenvalue weighted by atomic mass is 10.1. The Morgan fingerprint density at radius 2 is 1.47 bits per heavy atom. The van der Waals surface area contributed by atoms with E-state index in [1.54, 1.807) is 24.3 Å². The van der Waals surface area contributed by atoms with E-state index < -0.39 is 42.5 Å². The lowest BCUT2D eigenvalue weighted by molar-refractivity contribution is -0.149. The summed E-state index contributed by atoms with van der Waals surface area (Å²) in [6, 6.07) is 19.2. The number of nitrogens with one attached hydrogen (secondary N) is 1. The Labute approximate surface area is 198 Å². The van der Waals surface area contributed by atoms with Gasteiger partial charge in [0.2, 0.25) is 0 Å². The lowest BCUT2D eigenvalue weighted by Crippen LogP contribution is -2.25. The number of halogens is 4. The van der Waals surface area contributed by atoms with Gasteiger partial charge in [-0.25, -0.2) is 4.79 Å². The number of hydrogen-bond donors (Lipinski definition) is 1. The van der Waals surface area contributed by atoms with E-state index in [0.717, 1.165) is 17.7 Å². The maximum atomic E-state index is 13.1. The summed E-state index contributed by atoms with van der Waals surface area (Å²) in [5, 5.41) is 1.72. The van der Waals surface area contributed by atoms with Crippen LogP contribution in [0.4, 0.5) is 18.9 Å². The van der Waals surface area contributed by atoms with Crippen molar-refractivity contribution in [1.82, 2.24) is 0 Å². The van der Waals surface area contributed by atoms with Gasteiger partial charge in [0.1, 0.15) is 18.1 Å². The number of carbonyl (C=O) groups excluding carboxylic acids is 2. The van der Waals surface area contributed by atoms with E-state index in [1.807, 2.05) is 35.6 Å². The molecule has 3 aromatic rings. The highest BCUT2D eigenvalue weighted by Crippen LogP contribution is 2.38. The first-order valence-corrected chi connectivity index (χ1v) is 10.3. The summed E-state index contributed by atoms with van der Waals surface area (Å²) >= 11 is 5.77. The molecule has 1 amide bonds. The average Bonchev–Trinajstić information content (AvgIpc) is 2.82. The monoisotopic (exact) mass is 493 g/mol. The van der Waals surface area contributed by atoms with Crippen LogP contribution in [0.2, 0.25) is 5.02 Å². The zero-order valence-corrected chi connectivity index (χ0v) is 18.4. The van der Waals surface area contributed by atoms with Crippen LogP contribution in [0.1, 0.15) is 11.1 Å². The minimum atomic E-state index is -4.72. The van der Waals surface area contributed by atoms with Crippen molar-refractivity contribution < 1.29 is 37.0 Å². The molecule has 0 radical (unpaired) electrons. The van der Waals surface area contributed by atoms with Crippen molar-refractivity contribution in [2.24, 2.45) is 0 Å². The first kappa shape index (κ1) is 24.9. The molecule has 0 atom stereocenters. The largest absolute Gasteiger partial charge is 0.489 e. The second-order valence-electron chi connectivity index (χ2n) is 6.90. The second-order valence-corrected chi connectivity index (χ2v) is 7.31. The van der Waals surface area contributed by atoms with Gasteiger partial charge in [0.05, 0.1) is 16.3 Å². The van der Waals surface area contributed by atoms with E-state index in [4.69, 9.17) is 25.8 Å². The average molecular weight is 494 g/mol. The highest BCUT2D eigenvalue weighted by Gasteiger charge is 2.34. The van der Waals surface area contributed by atoms with E-state index >= 15 is 0 Å². The molecular formula is C24H19ClF3NO5. The van der Waals surface area contributed by atoms with Crippen LogP contribution in [0.3, 0.4) is 0 Å². The van der Waals surface area contributed by atoms with Gasteiger partial charge in [-0.15, -0.1) is 0 Å². The number of carbonyl (C=O) groups is 2.